The van der Waals surface area contributed by atoms with Gasteiger partial charge in [0.05, 0.1) is 6.04 Å². The molecule has 1 aromatic carbocycles. The molecule has 1 heterocycles. The highest BCUT2D eigenvalue weighted by Gasteiger charge is 2.20. The van der Waals surface area contributed by atoms with Crippen LogP contribution >= 0.6 is 0 Å². The van der Waals surface area contributed by atoms with Crippen LogP contribution in [0.4, 0.5) is 5.69 Å². The molecular weight excluding hydrogens is 226 g/mol. The van der Waals surface area contributed by atoms with E-state index in [1.807, 2.05) is 30.3 Å². The summed E-state index contributed by atoms with van der Waals surface area (Å²) >= 11 is 0. The van der Waals surface area contributed by atoms with Crippen LogP contribution in [-0.4, -0.2) is 31.6 Å². The summed E-state index contributed by atoms with van der Waals surface area (Å²) in [7, 11) is 0. The number of benzene rings is 1. The molecule has 1 saturated heterocycles. The topological polar surface area (TPSA) is 53.2 Å². The minimum atomic E-state index is 0.0343. The number of rotatable bonds is 6. The second-order valence-corrected chi connectivity index (χ2v) is 4.59. The van der Waals surface area contributed by atoms with Crippen LogP contribution in [0.15, 0.2) is 30.3 Å². The van der Waals surface area contributed by atoms with Gasteiger partial charge >= 0.3 is 0 Å². The normalized spacial score (nSPS) is 18.6. The van der Waals surface area contributed by atoms with Crippen molar-refractivity contribution in [3.05, 3.63) is 30.3 Å². The van der Waals surface area contributed by atoms with Gasteiger partial charge in [0, 0.05) is 18.8 Å². The van der Waals surface area contributed by atoms with Gasteiger partial charge in [-0.05, 0) is 37.9 Å². The van der Waals surface area contributed by atoms with Gasteiger partial charge in [-0.25, -0.2) is 0 Å². The van der Waals surface area contributed by atoms with E-state index in [4.69, 9.17) is 0 Å². The monoisotopic (exact) mass is 247 g/mol. The number of carbonyl (C=O) groups excluding carboxylic acids is 1. The Kier molecular flexibility index (Phi) is 5.02. The fourth-order valence-electron chi connectivity index (χ4n) is 2.12. The van der Waals surface area contributed by atoms with Crippen LogP contribution in [0.3, 0.4) is 0 Å². The Bertz CT molecular complexity index is 361. The number of anilines is 1. The van der Waals surface area contributed by atoms with Crippen molar-refractivity contribution in [1.29, 1.82) is 0 Å². The molecular formula is C14H21N3O. The molecule has 0 radical (unpaired) electrons. The van der Waals surface area contributed by atoms with Gasteiger partial charge in [-0.2, -0.15) is 0 Å². The molecule has 0 spiro atoms. The van der Waals surface area contributed by atoms with Gasteiger partial charge in [0.25, 0.3) is 0 Å². The van der Waals surface area contributed by atoms with Gasteiger partial charge in [-0.1, -0.05) is 18.2 Å². The molecule has 18 heavy (non-hydrogen) atoms. The van der Waals surface area contributed by atoms with Gasteiger partial charge in [-0.3, -0.25) is 4.79 Å². The van der Waals surface area contributed by atoms with Crippen LogP contribution in [0.2, 0.25) is 0 Å². The van der Waals surface area contributed by atoms with Crippen molar-refractivity contribution in [3.8, 4) is 0 Å². The Balaban J connectivity index is 1.54. The van der Waals surface area contributed by atoms with E-state index in [0.717, 1.165) is 44.6 Å². The number of hydrogen-bond donors (Lipinski definition) is 3. The second kappa shape index (κ2) is 7.01. The third-order valence-electron chi connectivity index (χ3n) is 3.13. The molecule has 2 rings (SSSR count). The van der Waals surface area contributed by atoms with Crippen LogP contribution in [0.25, 0.3) is 0 Å². The molecule has 4 nitrogen and oxygen atoms in total. The number of para-hydroxylation sites is 1. The van der Waals surface area contributed by atoms with Crippen molar-refractivity contribution in [2.24, 2.45) is 0 Å². The molecule has 1 amide bonds. The number of hydrogen-bond acceptors (Lipinski definition) is 3. The predicted octanol–water partition coefficient (Wildman–Crippen LogP) is 1.36. The lowest BCUT2D eigenvalue weighted by atomic mass is 10.2. The van der Waals surface area contributed by atoms with Crippen molar-refractivity contribution in [2.45, 2.75) is 25.3 Å². The zero-order valence-electron chi connectivity index (χ0n) is 10.6. The van der Waals surface area contributed by atoms with Crippen LogP contribution in [0.1, 0.15) is 19.3 Å². The number of nitrogens with one attached hydrogen (secondary N) is 3. The van der Waals surface area contributed by atoms with Crippen LogP contribution in [0.5, 0.6) is 0 Å². The first-order chi connectivity index (χ1) is 8.86. The summed E-state index contributed by atoms with van der Waals surface area (Å²) in [6.07, 6.45) is 3.01. The summed E-state index contributed by atoms with van der Waals surface area (Å²) in [5, 5.41) is 9.49. The van der Waals surface area contributed by atoms with Crippen molar-refractivity contribution in [3.63, 3.8) is 0 Å². The summed E-state index contributed by atoms with van der Waals surface area (Å²) in [5.41, 5.74) is 1.13. The standard InChI is InChI=1S/C14H21N3O/c18-14(13-8-4-9-16-13)17-11-5-10-15-12-6-2-1-3-7-12/h1-3,6-7,13,15-16H,4-5,8-11H2,(H,17,18)/t13-/m0/s1. The van der Waals surface area contributed by atoms with E-state index in [1.165, 1.54) is 0 Å². The van der Waals surface area contributed by atoms with E-state index in [2.05, 4.69) is 16.0 Å². The van der Waals surface area contributed by atoms with Crippen LogP contribution < -0.4 is 16.0 Å². The highest BCUT2D eigenvalue weighted by atomic mass is 16.2. The second-order valence-electron chi connectivity index (χ2n) is 4.59. The van der Waals surface area contributed by atoms with E-state index in [0.29, 0.717) is 0 Å². The lowest BCUT2D eigenvalue weighted by molar-refractivity contribution is -0.122. The summed E-state index contributed by atoms with van der Waals surface area (Å²) in [6.45, 7) is 2.58. The molecule has 1 fully saturated rings. The maximum absolute atomic E-state index is 11.7. The van der Waals surface area contributed by atoms with E-state index in [-0.39, 0.29) is 11.9 Å². The third kappa shape index (κ3) is 4.04. The average Bonchev–Trinajstić information content (AvgIpc) is 2.93. The molecule has 1 atom stereocenters. The van der Waals surface area contributed by atoms with Crippen molar-refractivity contribution in [1.82, 2.24) is 10.6 Å². The van der Waals surface area contributed by atoms with E-state index in [1.54, 1.807) is 0 Å². The van der Waals surface area contributed by atoms with Gasteiger partial charge in [0.15, 0.2) is 0 Å². The van der Waals surface area contributed by atoms with E-state index < -0.39 is 0 Å². The maximum Gasteiger partial charge on any atom is 0.237 e. The van der Waals surface area contributed by atoms with E-state index in [9.17, 15) is 4.79 Å². The van der Waals surface area contributed by atoms with Crippen LogP contribution in [0, 0.1) is 0 Å². The Hall–Kier alpha value is -1.55. The summed E-state index contributed by atoms with van der Waals surface area (Å²) in [4.78, 5) is 11.7. The summed E-state index contributed by atoms with van der Waals surface area (Å²) in [5.74, 6) is 0.146. The minimum absolute atomic E-state index is 0.0343. The first-order valence-corrected chi connectivity index (χ1v) is 6.66. The highest BCUT2D eigenvalue weighted by molar-refractivity contribution is 5.81. The molecule has 0 bridgehead atoms. The first kappa shape index (κ1) is 12.9. The first-order valence-electron chi connectivity index (χ1n) is 6.66. The van der Waals surface area contributed by atoms with Crippen molar-refractivity contribution in [2.75, 3.05) is 25.0 Å². The van der Waals surface area contributed by atoms with Gasteiger partial charge in [0.2, 0.25) is 5.91 Å². The largest absolute Gasteiger partial charge is 0.385 e. The molecule has 4 heteroatoms. The molecule has 0 aliphatic carbocycles. The zero-order valence-corrected chi connectivity index (χ0v) is 10.6. The average molecular weight is 247 g/mol. The SMILES string of the molecule is O=C(NCCCNc1ccccc1)[C@@H]1CCCN1. The Morgan fingerprint density at radius 2 is 2.11 bits per heavy atom. The number of amides is 1. The van der Waals surface area contributed by atoms with Gasteiger partial charge < -0.3 is 16.0 Å². The molecule has 3 N–H and O–H groups in total. The number of carbonyl (C=O) groups is 1. The highest BCUT2D eigenvalue weighted by Crippen LogP contribution is 2.05. The smallest absolute Gasteiger partial charge is 0.237 e. The predicted molar refractivity (Wildman–Crippen MR) is 73.6 cm³/mol. The van der Waals surface area contributed by atoms with Crippen molar-refractivity contribution < 1.29 is 4.79 Å². The zero-order chi connectivity index (χ0) is 12.6. The molecule has 98 valence electrons. The molecule has 1 aromatic rings. The molecule has 0 unspecified atom stereocenters. The fraction of sp³-hybridized carbons (Fsp3) is 0.500. The molecule has 1 aliphatic rings. The van der Waals surface area contributed by atoms with Gasteiger partial charge in [0.1, 0.15) is 0 Å². The Morgan fingerprint density at radius 1 is 1.28 bits per heavy atom. The molecule has 0 aromatic heterocycles. The van der Waals surface area contributed by atoms with Crippen molar-refractivity contribution >= 4 is 11.6 Å². The third-order valence-corrected chi connectivity index (χ3v) is 3.13. The summed E-state index contributed by atoms with van der Waals surface area (Å²) in [6, 6.07) is 10.1. The molecule has 1 aliphatic heterocycles. The van der Waals surface area contributed by atoms with E-state index >= 15 is 0 Å². The lowest BCUT2D eigenvalue weighted by Gasteiger charge is -2.11. The molecule has 0 saturated carbocycles. The summed E-state index contributed by atoms with van der Waals surface area (Å²) < 4.78 is 0. The quantitative estimate of drug-likeness (QED) is 0.665. The Labute approximate surface area is 108 Å². The van der Waals surface area contributed by atoms with Gasteiger partial charge in [-0.15, -0.1) is 0 Å². The maximum atomic E-state index is 11.7. The lowest BCUT2D eigenvalue weighted by Crippen LogP contribution is -2.41. The Morgan fingerprint density at radius 3 is 2.83 bits per heavy atom. The minimum Gasteiger partial charge on any atom is -0.385 e. The fourth-order valence-corrected chi connectivity index (χ4v) is 2.12. The van der Waals surface area contributed by atoms with Crippen LogP contribution in [-0.2, 0) is 4.79 Å².